The van der Waals surface area contributed by atoms with Crippen LogP contribution in [0.4, 0.5) is 14.7 Å². The molecule has 0 spiro atoms. The van der Waals surface area contributed by atoms with Gasteiger partial charge in [0.05, 0.1) is 22.7 Å². The van der Waals surface area contributed by atoms with Gasteiger partial charge in [-0.1, -0.05) is 12.1 Å². The molecule has 34 heavy (non-hydrogen) atoms. The third-order valence-corrected chi connectivity index (χ3v) is 7.54. The van der Waals surface area contributed by atoms with Gasteiger partial charge in [-0.2, -0.15) is 5.26 Å². The zero-order valence-corrected chi connectivity index (χ0v) is 19.4. The minimum absolute atomic E-state index is 0.116. The second-order valence-corrected chi connectivity index (χ2v) is 9.51. The number of nitrogens with one attached hydrogen (secondary N) is 3. The van der Waals surface area contributed by atoms with Gasteiger partial charge in [-0.05, 0) is 62.9 Å². The molecule has 0 radical (unpaired) electrons. The van der Waals surface area contributed by atoms with Gasteiger partial charge in [0.25, 0.3) is 0 Å². The molecule has 178 valence electrons. The van der Waals surface area contributed by atoms with E-state index in [0.717, 1.165) is 57.9 Å². The Morgan fingerprint density at radius 1 is 1.21 bits per heavy atom. The Bertz CT molecular complexity index is 1180. The van der Waals surface area contributed by atoms with E-state index in [1.807, 2.05) is 25.2 Å². The van der Waals surface area contributed by atoms with Crippen molar-refractivity contribution in [1.29, 1.82) is 5.26 Å². The number of anilines is 1. The van der Waals surface area contributed by atoms with Gasteiger partial charge in [0, 0.05) is 43.2 Å². The molecule has 0 amide bonds. The molecule has 2 aromatic carbocycles. The molecule has 3 N–H and O–H groups in total. The van der Waals surface area contributed by atoms with Crippen molar-refractivity contribution in [3.8, 4) is 6.07 Å². The van der Waals surface area contributed by atoms with Gasteiger partial charge in [0.15, 0.2) is 11.6 Å². The van der Waals surface area contributed by atoms with Crippen molar-refractivity contribution >= 4 is 17.0 Å². The number of hydrogen-bond donors (Lipinski definition) is 3. The van der Waals surface area contributed by atoms with Gasteiger partial charge in [-0.15, -0.1) is 0 Å². The standard InChI is InChI=1S/C26H30F2N6/c1-30-9-10-31-8-3-11-34(25-32-22-13-20(27)21(28)14-23(22)33-25)24-6-7-26(15-19(24)26)18-5-2-4-17(12-18)16-29/h2,4-5,12-14,19,24,30-31H,3,6-11,15H2,1H3,(H,32,33)/t19?,24-,26-/m1/s1. The molecule has 1 heterocycles. The molecule has 1 aromatic heterocycles. The van der Waals surface area contributed by atoms with E-state index in [1.54, 1.807) is 0 Å². The predicted molar refractivity (Wildman–Crippen MR) is 129 cm³/mol. The SMILES string of the molecule is CNCCNCCCN(c1nc2cc(F)c(F)cc2[nH]1)[C@@H]1CC[C@]2(c3cccc(C#N)c3)CC12. The van der Waals surface area contributed by atoms with Crippen molar-refractivity contribution < 1.29 is 8.78 Å². The van der Waals surface area contributed by atoms with Gasteiger partial charge in [-0.3, -0.25) is 0 Å². The van der Waals surface area contributed by atoms with Crippen LogP contribution in [0.3, 0.4) is 0 Å². The van der Waals surface area contributed by atoms with E-state index in [4.69, 9.17) is 0 Å². The maximum atomic E-state index is 13.8. The van der Waals surface area contributed by atoms with Crippen LogP contribution in [0.5, 0.6) is 0 Å². The second kappa shape index (κ2) is 9.32. The Balaban J connectivity index is 1.38. The average molecular weight is 465 g/mol. The molecule has 2 aliphatic carbocycles. The number of aromatic nitrogens is 2. The van der Waals surface area contributed by atoms with E-state index in [0.29, 0.717) is 34.5 Å². The third kappa shape index (κ3) is 4.15. The number of aromatic amines is 1. The quantitative estimate of drug-likeness (QED) is 0.398. The van der Waals surface area contributed by atoms with E-state index >= 15 is 0 Å². The van der Waals surface area contributed by atoms with Crippen molar-refractivity contribution in [1.82, 2.24) is 20.6 Å². The average Bonchev–Trinajstić information content (AvgIpc) is 3.27. The summed E-state index contributed by atoms with van der Waals surface area (Å²) in [6, 6.07) is 12.9. The van der Waals surface area contributed by atoms with E-state index < -0.39 is 11.6 Å². The smallest absolute Gasteiger partial charge is 0.204 e. The monoisotopic (exact) mass is 464 g/mol. The summed E-state index contributed by atoms with van der Waals surface area (Å²) < 4.78 is 27.6. The summed E-state index contributed by atoms with van der Waals surface area (Å²) in [5.74, 6) is -0.609. The Kier molecular flexibility index (Phi) is 6.24. The Morgan fingerprint density at radius 3 is 2.85 bits per heavy atom. The van der Waals surface area contributed by atoms with Crippen molar-refractivity contribution in [3.05, 3.63) is 59.2 Å². The summed E-state index contributed by atoms with van der Waals surface area (Å²) in [5, 5.41) is 15.9. The second-order valence-electron chi connectivity index (χ2n) is 9.51. The van der Waals surface area contributed by atoms with Crippen LogP contribution < -0.4 is 15.5 Å². The first-order valence-electron chi connectivity index (χ1n) is 12.0. The molecule has 2 aliphatic rings. The van der Waals surface area contributed by atoms with Gasteiger partial charge in [-0.25, -0.2) is 13.8 Å². The lowest BCUT2D eigenvalue weighted by Gasteiger charge is -2.30. The fourth-order valence-corrected chi connectivity index (χ4v) is 5.75. The number of imidazole rings is 1. The highest BCUT2D eigenvalue weighted by molar-refractivity contribution is 5.78. The summed E-state index contributed by atoms with van der Waals surface area (Å²) in [5.41, 5.74) is 3.01. The van der Waals surface area contributed by atoms with Crippen molar-refractivity contribution in [2.45, 2.75) is 37.1 Å². The lowest BCUT2D eigenvalue weighted by molar-refractivity contribution is 0.510. The number of halogens is 2. The molecule has 0 saturated heterocycles. The number of hydrogen-bond acceptors (Lipinski definition) is 5. The van der Waals surface area contributed by atoms with Gasteiger partial charge in [0.2, 0.25) is 5.95 Å². The van der Waals surface area contributed by atoms with Crippen LogP contribution in [-0.2, 0) is 5.41 Å². The highest BCUT2D eigenvalue weighted by Crippen LogP contribution is 2.65. The zero-order valence-electron chi connectivity index (χ0n) is 19.4. The van der Waals surface area contributed by atoms with Crippen LogP contribution in [0.2, 0.25) is 0 Å². The number of H-pyrrole nitrogens is 1. The molecule has 3 aromatic rings. The molecule has 8 heteroatoms. The summed E-state index contributed by atoms with van der Waals surface area (Å²) in [6.07, 6.45) is 4.11. The normalized spacial score (nSPS) is 23.1. The fourth-order valence-electron chi connectivity index (χ4n) is 5.75. The van der Waals surface area contributed by atoms with Crippen LogP contribution in [-0.4, -0.2) is 49.2 Å². The first-order valence-corrected chi connectivity index (χ1v) is 12.0. The number of fused-ring (bicyclic) bond motifs is 2. The molecule has 0 bridgehead atoms. The Hall–Kier alpha value is -3.02. The third-order valence-electron chi connectivity index (χ3n) is 7.54. The highest BCUT2D eigenvalue weighted by Gasteiger charge is 2.63. The van der Waals surface area contributed by atoms with Crippen molar-refractivity contribution in [2.75, 3.05) is 38.1 Å². The molecule has 0 aliphatic heterocycles. The van der Waals surface area contributed by atoms with E-state index in [2.05, 4.69) is 37.6 Å². The Labute approximate surface area is 198 Å². The first-order chi connectivity index (χ1) is 16.6. The van der Waals surface area contributed by atoms with E-state index in [9.17, 15) is 14.0 Å². The number of benzene rings is 2. The number of nitrogens with zero attached hydrogens (tertiary/aromatic N) is 3. The number of nitriles is 1. The first kappa shape index (κ1) is 22.8. The van der Waals surface area contributed by atoms with Gasteiger partial charge < -0.3 is 20.5 Å². The lowest BCUT2D eigenvalue weighted by Crippen LogP contribution is -2.38. The minimum atomic E-state index is -0.884. The molecule has 1 unspecified atom stereocenters. The summed E-state index contributed by atoms with van der Waals surface area (Å²) in [7, 11) is 1.94. The van der Waals surface area contributed by atoms with Crippen LogP contribution in [0, 0.1) is 28.9 Å². The van der Waals surface area contributed by atoms with Gasteiger partial charge >= 0.3 is 0 Å². The maximum Gasteiger partial charge on any atom is 0.204 e. The topological polar surface area (TPSA) is 79.8 Å². The van der Waals surface area contributed by atoms with E-state index in [1.165, 1.54) is 11.6 Å². The molecule has 6 nitrogen and oxygen atoms in total. The van der Waals surface area contributed by atoms with Crippen molar-refractivity contribution in [2.24, 2.45) is 5.92 Å². The molecule has 2 saturated carbocycles. The maximum absolute atomic E-state index is 13.8. The summed E-state index contributed by atoms with van der Waals surface area (Å²) in [4.78, 5) is 10.2. The molecular formula is C26H30F2N6. The van der Waals surface area contributed by atoms with Crippen LogP contribution in [0.1, 0.15) is 36.8 Å². The predicted octanol–water partition coefficient (Wildman–Crippen LogP) is 3.84. The highest BCUT2D eigenvalue weighted by atomic mass is 19.2. The van der Waals surface area contributed by atoms with Crippen LogP contribution >= 0.6 is 0 Å². The lowest BCUT2D eigenvalue weighted by atomic mass is 9.92. The molecule has 2 fully saturated rings. The minimum Gasteiger partial charge on any atom is -0.339 e. The largest absolute Gasteiger partial charge is 0.339 e. The molecule has 5 rings (SSSR count). The number of rotatable bonds is 10. The number of likely N-dealkylation sites (N-methyl/N-ethyl adjacent to an activating group) is 1. The van der Waals surface area contributed by atoms with Crippen LogP contribution in [0.15, 0.2) is 36.4 Å². The van der Waals surface area contributed by atoms with E-state index in [-0.39, 0.29) is 5.41 Å². The summed E-state index contributed by atoms with van der Waals surface area (Å²) in [6.45, 7) is 3.50. The summed E-state index contributed by atoms with van der Waals surface area (Å²) >= 11 is 0. The fraction of sp³-hybridized carbons (Fsp3) is 0.462. The van der Waals surface area contributed by atoms with Crippen molar-refractivity contribution in [3.63, 3.8) is 0 Å². The van der Waals surface area contributed by atoms with Gasteiger partial charge in [0.1, 0.15) is 0 Å². The van der Waals surface area contributed by atoms with Crippen LogP contribution in [0.25, 0.3) is 11.0 Å². The zero-order chi connectivity index (χ0) is 23.7. The molecular weight excluding hydrogens is 434 g/mol. The Morgan fingerprint density at radius 2 is 2.06 bits per heavy atom. The molecule has 3 atom stereocenters.